The highest BCUT2D eigenvalue weighted by Crippen LogP contribution is 2.60. The van der Waals surface area contributed by atoms with Gasteiger partial charge in [-0.05, 0) is 54.4 Å². The number of para-hydroxylation sites is 1. The smallest absolute Gasteiger partial charge is 0.171 e. The monoisotopic (exact) mass is 304 g/mol. The van der Waals surface area contributed by atoms with Gasteiger partial charge in [0.2, 0.25) is 0 Å². The first-order valence-corrected chi connectivity index (χ1v) is 8.16. The largest absolute Gasteiger partial charge is 0.396 e. The van der Waals surface area contributed by atoms with Crippen molar-refractivity contribution in [3.63, 3.8) is 0 Å². The van der Waals surface area contributed by atoms with Gasteiger partial charge < -0.3 is 15.7 Å². The van der Waals surface area contributed by atoms with E-state index in [1.54, 1.807) is 0 Å². The quantitative estimate of drug-likeness (QED) is 0.751. The van der Waals surface area contributed by atoms with Crippen LogP contribution in [-0.2, 0) is 0 Å². The van der Waals surface area contributed by atoms with E-state index in [9.17, 15) is 5.11 Å². The lowest BCUT2D eigenvalue weighted by molar-refractivity contribution is -0.118. The summed E-state index contributed by atoms with van der Waals surface area (Å²) in [5, 5.41) is 17.0. The van der Waals surface area contributed by atoms with Crippen LogP contribution >= 0.6 is 12.2 Å². The number of fused-ring (bicyclic) bond motifs is 2. The van der Waals surface area contributed by atoms with Crippen LogP contribution in [0.5, 0.6) is 0 Å². The summed E-state index contributed by atoms with van der Waals surface area (Å²) in [5.74, 6) is 1.68. The first-order chi connectivity index (χ1) is 10.0. The third-order valence-electron chi connectivity index (χ3n) is 5.64. The van der Waals surface area contributed by atoms with Crippen molar-refractivity contribution < 1.29 is 5.11 Å². The molecule has 114 valence electrons. The summed E-state index contributed by atoms with van der Waals surface area (Å²) >= 11 is 5.46. The average molecular weight is 304 g/mol. The van der Waals surface area contributed by atoms with E-state index in [0.29, 0.717) is 22.4 Å². The van der Waals surface area contributed by atoms with Gasteiger partial charge >= 0.3 is 0 Å². The third-order valence-corrected chi connectivity index (χ3v) is 5.86. The van der Waals surface area contributed by atoms with E-state index in [1.165, 1.54) is 6.42 Å². The maximum atomic E-state index is 9.67. The summed E-state index contributed by atoms with van der Waals surface area (Å²) < 4.78 is 0. The summed E-state index contributed by atoms with van der Waals surface area (Å²) in [4.78, 5) is 0. The zero-order chi connectivity index (χ0) is 15.0. The molecular weight excluding hydrogens is 280 g/mol. The van der Waals surface area contributed by atoms with Gasteiger partial charge in [-0.25, -0.2) is 0 Å². The van der Waals surface area contributed by atoms with Crippen molar-refractivity contribution >= 4 is 23.0 Å². The lowest BCUT2D eigenvalue weighted by Crippen LogP contribution is -2.64. The van der Waals surface area contributed by atoms with Gasteiger partial charge in [0.1, 0.15) is 0 Å². The molecule has 4 heteroatoms. The van der Waals surface area contributed by atoms with Crippen LogP contribution in [0.25, 0.3) is 0 Å². The van der Waals surface area contributed by atoms with Crippen molar-refractivity contribution in [2.45, 2.75) is 32.7 Å². The Balaban J connectivity index is 1.66. The Kier molecular flexibility index (Phi) is 3.93. The standard InChI is InChI=1S/C17H24N2OS/c1-17(2)12-8-11(10-20)15(14(17)9-12)19-16(21)18-13-6-4-3-5-7-13/h3-7,11-12,14-15,20H,8-10H2,1-2H3,(H2,18,19,21)/t11-,12+,14+,15+/m0/s1. The maximum absolute atomic E-state index is 9.67. The molecule has 1 aromatic carbocycles. The SMILES string of the molecule is CC1(C)[C@@H]2C[C@@H](CO)[C@@H](NC(=S)Nc3ccccc3)[C@H]1C2. The Bertz CT molecular complexity index is 517. The van der Waals surface area contributed by atoms with Crippen molar-refractivity contribution in [1.29, 1.82) is 0 Å². The Morgan fingerprint density at radius 3 is 2.62 bits per heavy atom. The Morgan fingerprint density at radius 2 is 2.00 bits per heavy atom. The molecule has 4 atom stereocenters. The lowest BCUT2D eigenvalue weighted by Gasteiger charge is -2.62. The highest BCUT2D eigenvalue weighted by molar-refractivity contribution is 7.80. The van der Waals surface area contributed by atoms with Gasteiger partial charge in [0.25, 0.3) is 0 Å². The molecule has 0 amide bonds. The average Bonchev–Trinajstić information content (AvgIpc) is 2.47. The fourth-order valence-corrected chi connectivity index (χ4v) is 4.41. The summed E-state index contributed by atoms with van der Waals surface area (Å²) in [6.45, 7) is 4.94. The molecule has 0 radical (unpaired) electrons. The van der Waals surface area contributed by atoms with Crippen molar-refractivity contribution in [2.75, 3.05) is 11.9 Å². The normalized spacial score (nSPS) is 32.9. The second-order valence-electron chi connectivity index (χ2n) is 7.03. The Morgan fingerprint density at radius 1 is 1.29 bits per heavy atom. The molecule has 0 aromatic heterocycles. The second-order valence-corrected chi connectivity index (χ2v) is 7.44. The molecule has 0 spiro atoms. The molecule has 3 aliphatic carbocycles. The molecule has 3 aliphatic rings. The van der Waals surface area contributed by atoms with Crippen LogP contribution in [0.3, 0.4) is 0 Å². The van der Waals surface area contributed by atoms with Crippen LogP contribution in [0.15, 0.2) is 30.3 Å². The van der Waals surface area contributed by atoms with E-state index in [4.69, 9.17) is 12.2 Å². The van der Waals surface area contributed by atoms with Gasteiger partial charge in [-0.15, -0.1) is 0 Å². The van der Waals surface area contributed by atoms with Crippen LogP contribution in [0, 0.1) is 23.2 Å². The number of nitrogens with one attached hydrogen (secondary N) is 2. The van der Waals surface area contributed by atoms with Gasteiger partial charge in [0, 0.05) is 24.3 Å². The summed E-state index contributed by atoms with van der Waals surface area (Å²) in [6, 6.07) is 10.2. The van der Waals surface area contributed by atoms with Crippen molar-refractivity contribution in [3.8, 4) is 0 Å². The molecule has 1 aromatic rings. The van der Waals surface area contributed by atoms with Crippen molar-refractivity contribution in [2.24, 2.45) is 23.2 Å². The first-order valence-electron chi connectivity index (χ1n) is 7.75. The summed E-state index contributed by atoms with van der Waals surface area (Å²) in [6.07, 6.45) is 2.36. The molecule has 3 fully saturated rings. The first kappa shape index (κ1) is 14.8. The molecular formula is C17H24N2OS. The number of benzene rings is 1. The fraction of sp³-hybridized carbons (Fsp3) is 0.588. The van der Waals surface area contributed by atoms with E-state index in [-0.39, 0.29) is 12.6 Å². The summed E-state index contributed by atoms with van der Waals surface area (Å²) in [5.41, 5.74) is 1.36. The minimum Gasteiger partial charge on any atom is -0.396 e. The van der Waals surface area contributed by atoms with Crippen LogP contribution in [-0.4, -0.2) is 22.9 Å². The van der Waals surface area contributed by atoms with Gasteiger partial charge in [-0.1, -0.05) is 32.0 Å². The Hall–Kier alpha value is -1.13. The number of rotatable bonds is 3. The van der Waals surface area contributed by atoms with Gasteiger partial charge in [0.15, 0.2) is 5.11 Å². The molecule has 0 heterocycles. The van der Waals surface area contributed by atoms with E-state index in [1.807, 2.05) is 30.3 Å². The molecule has 0 aliphatic heterocycles. The van der Waals surface area contributed by atoms with E-state index < -0.39 is 0 Å². The van der Waals surface area contributed by atoms with E-state index in [0.717, 1.165) is 18.0 Å². The number of aliphatic hydroxyl groups excluding tert-OH is 1. The van der Waals surface area contributed by atoms with Crippen LogP contribution in [0.4, 0.5) is 5.69 Å². The third kappa shape index (κ3) is 2.67. The number of hydrogen-bond acceptors (Lipinski definition) is 2. The van der Waals surface area contributed by atoms with Gasteiger partial charge in [-0.3, -0.25) is 0 Å². The van der Waals surface area contributed by atoms with Crippen LogP contribution < -0.4 is 10.6 Å². The topological polar surface area (TPSA) is 44.3 Å². The molecule has 2 bridgehead atoms. The predicted molar refractivity (Wildman–Crippen MR) is 90.2 cm³/mol. The molecule has 0 unspecified atom stereocenters. The maximum Gasteiger partial charge on any atom is 0.171 e. The fourth-order valence-electron chi connectivity index (χ4n) is 4.15. The van der Waals surface area contributed by atoms with E-state index in [2.05, 4.69) is 24.5 Å². The highest BCUT2D eigenvalue weighted by Gasteiger charge is 2.57. The lowest BCUT2D eigenvalue weighted by atomic mass is 9.45. The number of aliphatic hydroxyl groups is 1. The molecule has 3 nitrogen and oxygen atoms in total. The van der Waals surface area contributed by atoms with Crippen molar-refractivity contribution in [3.05, 3.63) is 30.3 Å². The minimum atomic E-state index is 0.245. The van der Waals surface area contributed by atoms with Crippen molar-refractivity contribution in [1.82, 2.24) is 5.32 Å². The minimum absolute atomic E-state index is 0.245. The number of hydrogen-bond donors (Lipinski definition) is 3. The zero-order valence-corrected chi connectivity index (χ0v) is 13.5. The van der Waals surface area contributed by atoms with Crippen LogP contribution in [0.2, 0.25) is 0 Å². The number of thiocarbonyl (C=S) groups is 1. The number of anilines is 1. The molecule has 4 rings (SSSR count). The second kappa shape index (κ2) is 5.58. The highest BCUT2D eigenvalue weighted by atomic mass is 32.1. The van der Waals surface area contributed by atoms with Gasteiger partial charge in [-0.2, -0.15) is 0 Å². The molecule has 3 saturated carbocycles. The Labute approximate surface area is 132 Å². The molecule has 21 heavy (non-hydrogen) atoms. The molecule has 0 saturated heterocycles. The zero-order valence-electron chi connectivity index (χ0n) is 12.7. The molecule has 3 N–H and O–H groups in total. The van der Waals surface area contributed by atoms with Gasteiger partial charge in [0.05, 0.1) is 0 Å². The van der Waals surface area contributed by atoms with E-state index >= 15 is 0 Å². The van der Waals surface area contributed by atoms with Crippen LogP contribution in [0.1, 0.15) is 26.7 Å². The predicted octanol–water partition coefficient (Wildman–Crippen LogP) is 3.02. The summed E-state index contributed by atoms with van der Waals surface area (Å²) in [7, 11) is 0.